The Morgan fingerprint density at radius 1 is 1.42 bits per heavy atom. The van der Waals surface area contributed by atoms with E-state index in [2.05, 4.69) is 10.2 Å². The van der Waals surface area contributed by atoms with Gasteiger partial charge in [0, 0.05) is 17.3 Å². The van der Waals surface area contributed by atoms with E-state index in [4.69, 9.17) is 11.6 Å². The molecule has 1 unspecified atom stereocenters. The number of halogens is 1. The molecule has 0 radical (unpaired) electrons. The Morgan fingerprint density at radius 3 is 2.68 bits per heavy atom. The molecule has 0 aliphatic carbocycles. The first-order chi connectivity index (χ1) is 9.10. The van der Waals surface area contributed by atoms with Crippen molar-refractivity contribution in [1.29, 1.82) is 0 Å². The van der Waals surface area contributed by atoms with Crippen LogP contribution in [0.15, 0.2) is 24.3 Å². The van der Waals surface area contributed by atoms with Gasteiger partial charge in [0.15, 0.2) is 5.54 Å². The maximum atomic E-state index is 11.8. The van der Waals surface area contributed by atoms with Crippen LogP contribution in [0.3, 0.4) is 0 Å². The Hall–Kier alpha value is -1.26. The number of carboxylic acids is 1. The second-order valence-corrected chi connectivity index (χ2v) is 5.90. The van der Waals surface area contributed by atoms with Crippen molar-refractivity contribution in [1.82, 2.24) is 4.90 Å². The zero-order valence-electron chi connectivity index (χ0n) is 10.6. The minimum Gasteiger partial charge on any atom is -0.479 e. The van der Waals surface area contributed by atoms with Crippen molar-refractivity contribution < 1.29 is 9.90 Å². The first-order valence-corrected chi connectivity index (χ1v) is 6.97. The lowest BCUT2D eigenvalue weighted by Gasteiger charge is -2.51. The molecular formula is C14H17ClN2O2. The summed E-state index contributed by atoms with van der Waals surface area (Å²) in [6, 6.07) is 7.27. The Kier molecular flexibility index (Phi) is 3.15. The molecule has 0 spiro atoms. The smallest absolute Gasteiger partial charge is 0.330 e. The van der Waals surface area contributed by atoms with Crippen LogP contribution in [0.4, 0.5) is 5.69 Å². The van der Waals surface area contributed by atoms with Crippen molar-refractivity contribution >= 4 is 23.3 Å². The molecule has 5 heteroatoms. The van der Waals surface area contributed by atoms with Crippen LogP contribution in [0.1, 0.15) is 12.8 Å². The number of aliphatic carboxylic acids is 1. The normalized spacial score (nSPS) is 33.1. The number of rotatable bonds is 3. The molecule has 4 rings (SSSR count). The van der Waals surface area contributed by atoms with Gasteiger partial charge in [0.25, 0.3) is 0 Å². The summed E-state index contributed by atoms with van der Waals surface area (Å²) < 4.78 is 0. The standard InChI is InChI=1S/C14H17ClN2O2/c15-11-2-1-3-12(8-11)16-14(13(18)19)9-17-6-4-10(14)5-7-17/h1-3,8,10,16H,4-7,9H2,(H,18,19). The van der Waals surface area contributed by atoms with Gasteiger partial charge in [0.2, 0.25) is 0 Å². The van der Waals surface area contributed by atoms with Gasteiger partial charge in [-0.05, 0) is 50.0 Å². The monoisotopic (exact) mass is 280 g/mol. The summed E-state index contributed by atoms with van der Waals surface area (Å²) in [5.41, 5.74) is -0.0927. The van der Waals surface area contributed by atoms with Gasteiger partial charge in [-0.1, -0.05) is 17.7 Å². The second-order valence-electron chi connectivity index (χ2n) is 5.46. The van der Waals surface area contributed by atoms with E-state index in [0.29, 0.717) is 11.6 Å². The summed E-state index contributed by atoms with van der Waals surface area (Å²) in [5.74, 6) is -0.573. The minimum atomic E-state index is -0.874. The van der Waals surface area contributed by atoms with Crippen LogP contribution in [0.2, 0.25) is 5.02 Å². The molecule has 3 heterocycles. The lowest BCUT2D eigenvalue weighted by molar-refractivity contribution is -0.149. The average molecular weight is 281 g/mol. The lowest BCUT2D eigenvalue weighted by Crippen LogP contribution is -2.66. The predicted molar refractivity (Wildman–Crippen MR) is 74.6 cm³/mol. The van der Waals surface area contributed by atoms with Crippen LogP contribution >= 0.6 is 11.6 Å². The number of nitrogens with zero attached hydrogens (tertiary/aromatic N) is 1. The fourth-order valence-corrected chi connectivity index (χ4v) is 3.52. The molecule has 0 aromatic heterocycles. The van der Waals surface area contributed by atoms with Gasteiger partial charge in [-0.15, -0.1) is 0 Å². The van der Waals surface area contributed by atoms with E-state index in [1.54, 1.807) is 12.1 Å². The SMILES string of the molecule is O=C(O)C1(Nc2cccc(Cl)c2)CN2CCC1CC2. The third kappa shape index (κ3) is 2.19. The summed E-state index contributed by atoms with van der Waals surface area (Å²) in [4.78, 5) is 14.1. The average Bonchev–Trinajstić information content (AvgIpc) is 2.40. The molecule has 2 bridgehead atoms. The Balaban J connectivity index is 1.91. The Morgan fingerprint density at radius 2 is 2.16 bits per heavy atom. The summed E-state index contributed by atoms with van der Waals surface area (Å²) in [6.45, 7) is 2.59. The van der Waals surface area contributed by atoms with E-state index in [9.17, 15) is 9.90 Å². The molecule has 4 nitrogen and oxygen atoms in total. The van der Waals surface area contributed by atoms with Crippen LogP contribution in [0.5, 0.6) is 0 Å². The first-order valence-electron chi connectivity index (χ1n) is 6.60. The largest absolute Gasteiger partial charge is 0.479 e. The molecular weight excluding hydrogens is 264 g/mol. The van der Waals surface area contributed by atoms with Crippen LogP contribution in [0.25, 0.3) is 0 Å². The highest BCUT2D eigenvalue weighted by Crippen LogP contribution is 2.38. The van der Waals surface area contributed by atoms with E-state index in [-0.39, 0.29) is 5.92 Å². The molecule has 3 aliphatic heterocycles. The third-order valence-corrected chi connectivity index (χ3v) is 4.57. The molecule has 1 atom stereocenters. The van der Waals surface area contributed by atoms with E-state index >= 15 is 0 Å². The number of carboxylic acid groups (broad SMARTS) is 1. The number of fused-ring (bicyclic) bond motifs is 3. The van der Waals surface area contributed by atoms with Crippen LogP contribution in [-0.4, -0.2) is 41.1 Å². The van der Waals surface area contributed by atoms with Crippen molar-refractivity contribution in [2.75, 3.05) is 25.0 Å². The molecule has 0 saturated carbocycles. The van der Waals surface area contributed by atoms with Crippen LogP contribution < -0.4 is 5.32 Å². The zero-order chi connectivity index (χ0) is 13.5. The van der Waals surface area contributed by atoms with Gasteiger partial charge in [-0.25, -0.2) is 4.79 Å². The molecule has 19 heavy (non-hydrogen) atoms. The number of carbonyl (C=O) groups is 1. The van der Waals surface area contributed by atoms with Gasteiger partial charge in [-0.2, -0.15) is 0 Å². The number of hydrogen-bond donors (Lipinski definition) is 2. The van der Waals surface area contributed by atoms with Crippen molar-refractivity contribution in [2.24, 2.45) is 5.92 Å². The van der Waals surface area contributed by atoms with E-state index in [0.717, 1.165) is 31.6 Å². The van der Waals surface area contributed by atoms with Crippen molar-refractivity contribution in [2.45, 2.75) is 18.4 Å². The topological polar surface area (TPSA) is 52.6 Å². The van der Waals surface area contributed by atoms with E-state index in [1.807, 2.05) is 12.1 Å². The van der Waals surface area contributed by atoms with Crippen LogP contribution in [0, 0.1) is 5.92 Å². The van der Waals surface area contributed by atoms with Crippen molar-refractivity contribution in [3.8, 4) is 0 Å². The van der Waals surface area contributed by atoms with Crippen LogP contribution in [-0.2, 0) is 4.79 Å². The quantitative estimate of drug-likeness (QED) is 0.892. The van der Waals surface area contributed by atoms with Gasteiger partial charge in [0.1, 0.15) is 0 Å². The fourth-order valence-electron chi connectivity index (χ4n) is 3.33. The molecule has 1 aromatic rings. The molecule has 3 fully saturated rings. The number of piperidine rings is 3. The fraction of sp³-hybridized carbons (Fsp3) is 0.500. The molecule has 1 aromatic carbocycles. The van der Waals surface area contributed by atoms with Gasteiger partial charge < -0.3 is 15.3 Å². The highest BCUT2D eigenvalue weighted by Gasteiger charge is 2.52. The molecule has 3 aliphatic rings. The van der Waals surface area contributed by atoms with Gasteiger partial charge in [0.05, 0.1) is 0 Å². The number of benzene rings is 1. The summed E-state index contributed by atoms with van der Waals surface area (Å²) in [6.07, 6.45) is 1.89. The Labute approximate surface area is 117 Å². The minimum absolute atomic E-state index is 0.189. The maximum Gasteiger partial charge on any atom is 0.330 e. The number of hydrogen-bond acceptors (Lipinski definition) is 3. The molecule has 3 saturated heterocycles. The van der Waals surface area contributed by atoms with Crippen molar-refractivity contribution in [3.05, 3.63) is 29.3 Å². The van der Waals surface area contributed by atoms with E-state index in [1.165, 1.54) is 0 Å². The predicted octanol–water partition coefficient (Wildman–Crippen LogP) is 2.30. The Bertz CT molecular complexity index is 500. The molecule has 0 amide bonds. The highest BCUT2D eigenvalue weighted by molar-refractivity contribution is 6.30. The second kappa shape index (κ2) is 4.69. The maximum absolute atomic E-state index is 11.8. The summed E-state index contributed by atoms with van der Waals surface area (Å²) in [5, 5.41) is 13.6. The lowest BCUT2D eigenvalue weighted by atomic mass is 9.72. The first kappa shape index (κ1) is 12.8. The number of nitrogens with one attached hydrogen (secondary N) is 1. The summed E-state index contributed by atoms with van der Waals surface area (Å²) in [7, 11) is 0. The molecule has 2 N–H and O–H groups in total. The summed E-state index contributed by atoms with van der Waals surface area (Å²) >= 11 is 5.97. The van der Waals surface area contributed by atoms with Gasteiger partial charge >= 0.3 is 5.97 Å². The highest BCUT2D eigenvalue weighted by atomic mass is 35.5. The third-order valence-electron chi connectivity index (χ3n) is 4.33. The zero-order valence-corrected chi connectivity index (χ0v) is 11.4. The van der Waals surface area contributed by atoms with E-state index < -0.39 is 11.5 Å². The number of anilines is 1. The van der Waals surface area contributed by atoms with Crippen molar-refractivity contribution in [3.63, 3.8) is 0 Å². The molecule has 102 valence electrons. The van der Waals surface area contributed by atoms with Gasteiger partial charge in [-0.3, -0.25) is 0 Å².